The number of benzene rings is 2. The maximum Gasteiger partial charge on any atom is 0.251 e. The molecule has 1 aromatic heterocycles. The van der Waals surface area contributed by atoms with Gasteiger partial charge in [0.1, 0.15) is 0 Å². The van der Waals surface area contributed by atoms with Gasteiger partial charge in [-0.25, -0.2) is 0 Å². The molecule has 0 unspecified atom stereocenters. The number of aryl methyl sites for hydroxylation is 1. The first-order valence-electron chi connectivity index (χ1n) is 9.40. The van der Waals surface area contributed by atoms with Crippen molar-refractivity contribution in [2.75, 3.05) is 6.54 Å². The molecule has 1 fully saturated rings. The van der Waals surface area contributed by atoms with Gasteiger partial charge in [-0.3, -0.25) is 4.79 Å². The summed E-state index contributed by atoms with van der Waals surface area (Å²) >= 11 is 0. The van der Waals surface area contributed by atoms with E-state index in [0.29, 0.717) is 11.8 Å². The number of H-pyrrole nitrogens is 1. The van der Waals surface area contributed by atoms with Crippen molar-refractivity contribution in [2.24, 2.45) is 11.3 Å². The van der Waals surface area contributed by atoms with Crippen molar-refractivity contribution < 1.29 is 4.79 Å². The molecule has 2 aromatic carbocycles. The summed E-state index contributed by atoms with van der Waals surface area (Å²) in [4.78, 5) is 15.8. The molecule has 26 heavy (non-hydrogen) atoms. The first-order valence-corrected chi connectivity index (χ1v) is 9.40. The molecule has 134 valence electrons. The lowest BCUT2D eigenvalue weighted by Crippen LogP contribution is -2.24. The van der Waals surface area contributed by atoms with Crippen LogP contribution in [0.2, 0.25) is 0 Å². The summed E-state index contributed by atoms with van der Waals surface area (Å²) in [5, 5.41) is 4.43. The zero-order chi connectivity index (χ0) is 18.3. The molecule has 0 bridgehead atoms. The number of carbonyl (C=O) groups excluding carboxylic acids is 1. The summed E-state index contributed by atoms with van der Waals surface area (Å²) in [6.45, 7) is 7.60. The van der Waals surface area contributed by atoms with Crippen LogP contribution >= 0.6 is 0 Å². The Kier molecular flexibility index (Phi) is 4.10. The van der Waals surface area contributed by atoms with E-state index in [2.05, 4.69) is 55.3 Å². The zero-order valence-corrected chi connectivity index (χ0v) is 15.7. The highest BCUT2D eigenvalue weighted by Crippen LogP contribution is 2.67. The monoisotopic (exact) mass is 346 g/mol. The van der Waals surface area contributed by atoms with Crippen LogP contribution in [0.3, 0.4) is 0 Å². The minimum absolute atomic E-state index is 0.0175. The second-order valence-corrected chi connectivity index (χ2v) is 8.03. The highest BCUT2D eigenvalue weighted by atomic mass is 16.1. The number of aromatic nitrogens is 1. The van der Waals surface area contributed by atoms with Gasteiger partial charge >= 0.3 is 0 Å². The molecule has 3 aromatic rings. The third-order valence-electron chi connectivity index (χ3n) is 6.08. The fourth-order valence-corrected chi connectivity index (χ4v) is 4.59. The number of carbonyl (C=O) groups is 1. The normalized spacial score (nSPS) is 20.9. The van der Waals surface area contributed by atoms with Gasteiger partial charge in [0, 0.05) is 28.7 Å². The third-order valence-corrected chi connectivity index (χ3v) is 6.08. The van der Waals surface area contributed by atoms with Gasteiger partial charge in [-0.1, -0.05) is 50.2 Å². The predicted octanol–water partition coefficient (Wildman–Crippen LogP) is 5.04. The van der Waals surface area contributed by atoms with Gasteiger partial charge in [-0.15, -0.1) is 0 Å². The Morgan fingerprint density at radius 3 is 2.54 bits per heavy atom. The molecule has 0 aliphatic heterocycles. The molecule has 1 aliphatic rings. The number of rotatable bonds is 5. The number of nitrogens with one attached hydrogen (secondary N) is 2. The number of fused-ring (bicyclic) bond motifs is 1. The van der Waals surface area contributed by atoms with Crippen LogP contribution in [0.25, 0.3) is 10.9 Å². The fourth-order valence-electron chi connectivity index (χ4n) is 4.59. The minimum Gasteiger partial charge on any atom is -0.358 e. The Hall–Kier alpha value is -2.55. The molecular formula is C23H26N2O. The fraction of sp³-hybridized carbons (Fsp3) is 0.348. The quantitative estimate of drug-likeness (QED) is 0.668. The Bertz CT molecular complexity index is 939. The van der Waals surface area contributed by atoms with Crippen molar-refractivity contribution in [3.8, 4) is 0 Å². The van der Waals surface area contributed by atoms with E-state index in [-0.39, 0.29) is 11.3 Å². The van der Waals surface area contributed by atoms with Crippen molar-refractivity contribution in [2.45, 2.75) is 33.1 Å². The summed E-state index contributed by atoms with van der Waals surface area (Å²) in [7, 11) is 0. The van der Waals surface area contributed by atoms with Gasteiger partial charge in [0.2, 0.25) is 0 Å². The molecule has 3 heteroatoms. The molecule has 0 spiro atoms. The molecule has 1 saturated carbocycles. The van der Waals surface area contributed by atoms with Crippen LogP contribution in [0.5, 0.6) is 0 Å². The lowest BCUT2D eigenvalue weighted by atomic mass is 10.0. The maximum absolute atomic E-state index is 12.2. The van der Waals surface area contributed by atoms with E-state index in [1.165, 1.54) is 22.2 Å². The Labute approximate surface area is 154 Å². The summed E-state index contributed by atoms with van der Waals surface area (Å²) in [6.07, 6.45) is 1.01. The molecule has 0 saturated heterocycles. The van der Waals surface area contributed by atoms with E-state index in [1.54, 1.807) is 0 Å². The molecule has 1 amide bonds. The van der Waals surface area contributed by atoms with Gasteiger partial charge in [0.05, 0.1) is 0 Å². The van der Waals surface area contributed by atoms with E-state index in [9.17, 15) is 4.79 Å². The topological polar surface area (TPSA) is 44.9 Å². The molecule has 0 radical (unpaired) electrons. The zero-order valence-electron chi connectivity index (χ0n) is 15.7. The van der Waals surface area contributed by atoms with Crippen LogP contribution in [-0.2, 0) is 0 Å². The van der Waals surface area contributed by atoms with Crippen LogP contribution in [0, 0.1) is 18.3 Å². The highest BCUT2D eigenvalue weighted by molar-refractivity contribution is 5.94. The Balaban J connectivity index is 1.45. The average molecular weight is 346 g/mol. The molecule has 1 aliphatic carbocycles. The number of hydrogen-bond acceptors (Lipinski definition) is 1. The molecule has 3 nitrogen and oxygen atoms in total. The van der Waals surface area contributed by atoms with Gasteiger partial charge in [0.15, 0.2) is 0 Å². The Morgan fingerprint density at radius 1 is 1.08 bits per heavy atom. The summed E-state index contributed by atoms with van der Waals surface area (Å²) in [6, 6.07) is 18.0. The lowest BCUT2D eigenvalue weighted by molar-refractivity contribution is 0.0952. The number of para-hydroxylation sites is 1. The van der Waals surface area contributed by atoms with Crippen molar-refractivity contribution in [1.82, 2.24) is 10.3 Å². The van der Waals surface area contributed by atoms with Crippen LogP contribution in [-0.4, -0.2) is 17.4 Å². The number of amides is 1. The smallest absolute Gasteiger partial charge is 0.251 e. The first kappa shape index (κ1) is 16.9. The van der Waals surface area contributed by atoms with Crippen molar-refractivity contribution in [3.63, 3.8) is 0 Å². The SMILES string of the molecule is Cc1[nH]c2ccccc2c1[C@H]1[C@@H](CCNC(=O)c2ccccc2)C1(C)C. The van der Waals surface area contributed by atoms with Gasteiger partial charge in [-0.05, 0) is 54.4 Å². The molecule has 2 N–H and O–H groups in total. The largest absolute Gasteiger partial charge is 0.358 e. The van der Waals surface area contributed by atoms with Crippen LogP contribution in [0.1, 0.15) is 47.8 Å². The van der Waals surface area contributed by atoms with Gasteiger partial charge < -0.3 is 10.3 Å². The van der Waals surface area contributed by atoms with Crippen molar-refractivity contribution in [3.05, 3.63) is 71.4 Å². The summed E-state index contributed by atoms with van der Waals surface area (Å²) in [5.41, 5.74) is 4.96. The third kappa shape index (κ3) is 2.82. The molecule has 1 heterocycles. The summed E-state index contributed by atoms with van der Waals surface area (Å²) < 4.78 is 0. The molecule has 2 atom stereocenters. The lowest BCUT2D eigenvalue weighted by Gasteiger charge is -2.06. The van der Waals surface area contributed by atoms with Crippen LogP contribution in [0.15, 0.2) is 54.6 Å². The van der Waals surface area contributed by atoms with Crippen LogP contribution < -0.4 is 5.32 Å². The van der Waals surface area contributed by atoms with E-state index in [0.717, 1.165) is 18.5 Å². The van der Waals surface area contributed by atoms with E-state index < -0.39 is 0 Å². The highest BCUT2D eigenvalue weighted by Gasteiger charge is 2.58. The standard InChI is InChI=1S/C23H26N2O/c1-15-20(17-11-7-8-12-19(17)25-15)21-18(23(21,2)3)13-14-24-22(26)16-9-5-4-6-10-16/h4-12,18,21,25H,13-14H2,1-3H3,(H,24,26)/t18-,21-/m1/s1. The van der Waals surface area contributed by atoms with E-state index in [4.69, 9.17) is 0 Å². The predicted molar refractivity (Wildman–Crippen MR) is 106 cm³/mol. The van der Waals surface area contributed by atoms with Crippen molar-refractivity contribution in [1.29, 1.82) is 0 Å². The maximum atomic E-state index is 12.2. The minimum atomic E-state index is 0.0175. The number of hydrogen-bond donors (Lipinski definition) is 2. The summed E-state index contributed by atoms with van der Waals surface area (Å²) in [5.74, 6) is 1.16. The molecular weight excluding hydrogens is 320 g/mol. The Morgan fingerprint density at radius 2 is 1.77 bits per heavy atom. The van der Waals surface area contributed by atoms with E-state index >= 15 is 0 Å². The van der Waals surface area contributed by atoms with Gasteiger partial charge in [0.25, 0.3) is 5.91 Å². The van der Waals surface area contributed by atoms with Gasteiger partial charge in [-0.2, -0.15) is 0 Å². The second-order valence-electron chi connectivity index (χ2n) is 8.03. The molecule has 4 rings (SSSR count). The van der Waals surface area contributed by atoms with Crippen LogP contribution in [0.4, 0.5) is 0 Å². The van der Waals surface area contributed by atoms with Crippen molar-refractivity contribution >= 4 is 16.8 Å². The average Bonchev–Trinajstić information content (AvgIpc) is 3.00. The first-order chi connectivity index (χ1) is 12.5. The number of aromatic amines is 1. The second kappa shape index (κ2) is 6.31. The van der Waals surface area contributed by atoms with E-state index in [1.807, 2.05) is 30.3 Å².